The maximum atomic E-state index is 12.0. The van der Waals surface area contributed by atoms with Crippen molar-refractivity contribution in [1.82, 2.24) is 5.32 Å². The van der Waals surface area contributed by atoms with Gasteiger partial charge in [0.25, 0.3) is 5.91 Å². The van der Waals surface area contributed by atoms with E-state index >= 15 is 0 Å². The van der Waals surface area contributed by atoms with E-state index in [2.05, 4.69) is 19.2 Å². The smallest absolute Gasteiger partial charge is 0.338 e. The van der Waals surface area contributed by atoms with E-state index in [1.807, 2.05) is 13.0 Å². The Bertz CT molecular complexity index is 541. The van der Waals surface area contributed by atoms with Crippen molar-refractivity contribution in [2.75, 3.05) is 6.61 Å². The van der Waals surface area contributed by atoms with E-state index in [4.69, 9.17) is 4.74 Å². The van der Waals surface area contributed by atoms with E-state index in [1.165, 1.54) is 6.42 Å². The number of esters is 1. The summed E-state index contributed by atoms with van der Waals surface area (Å²) in [5, 5.41) is 3.00. The Kier molecular flexibility index (Phi) is 5.58. The molecule has 1 amide bonds. The summed E-state index contributed by atoms with van der Waals surface area (Å²) in [5.74, 6) is 0.412. The molecule has 4 heteroatoms. The molecule has 1 aromatic rings. The molecule has 1 fully saturated rings. The van der Waals surface area contributed by atoms with Gasteiger partial charge in [0, 0.05) is 6.04 Å². The van der Waals surface area contributed by atoms with Gasteiger partial charge in [-0.3, -0.25) is 4.79 Å². The number of amides is 1. The van der Waals surface area contributed by atoms with E-state index < -0.39 is 5.97 Å². The lowest BCUT2D eigenvalue weighted by Gasteiger charge is -2.34. The topological polar surface area (TPSA) is 55.4 Å². The molecular formula is C18H25NO3. The van der Waals surface area contributed by atoms with Crippen LogP contribution in [0.25, 0.3) is 0 Å². The molecule has 120 valence electrons. The summed E-state index contributed by atoms with van der Waals surface area (Å²) in [7, 11) is 0. The summed E-state index contributed by atoms with van der Waals surface area (Å²) < 4.78 is 5.10. The van der Waals surface area contributed by atoms with Gasteiger partial charge in [0.1, 0.15) is 0 Å². The average molecular weight is 303 g/mol. The molecule has 0 aromatic heterocycles. The van der Waals surface area contributed by atoms with Crippen LogP contribution in [-0.4, -0.2) is 24.5 Å². The van der Waals surface area contributed by atoms with Crippen molar-refractivity contribution >= 4 is 11.9 Å². The highest BCUT2D eigenvalue weighted by molar-refractivity contribution is 5.91. The van der Waals surface area contributed by atoms with Crippen molar-refractivity contribution < 1.29 is 14.3 Å². The molecule has 0 bridgehead atoms. The zero-order valence-corrected chi connectivity index (χ0v) is 13.6. The number of hydrogen-bond donors (Lipinski definition) is 1. The summed E-state index contributed by atoms with van der Waals surface area (Å²) in [6, 6.07) is 7.35. The van der Waals surface area contributed by atoms with Gasteiger partial charge in [0.05, 0.1) is 5.56 Å². The maximum absolute atomic E-state index is 12.0. The van der Waals surface area contributed by atoms with Gasteiger partial charge in [-0.15, -0.1) is 0 Å². The Balaban J connectivity index is 1.81. The van der Waals surface area contributed by atoms with Crippen LogP contribution in [0.3, 0.4) is 0 Å². The number of carbonyl (C=O) groups excluding carboxylic acids is 2. The third kappa shape index (κ3) is 4.33. The predicted octanol–water partition coefficient (Wildman–Crippen LogP) is 3.09. The van der Waals surface area contributed by atoms with E-state index in [0.29, 0.717) is 17.4 Å². The van der Waals surface area contributed by atoms with Crippen LogP contribution >= 0.6 is 0 Å². The van der Waals surface area contributed by atoms with Crippen LogP contribution in [0.2, 0.25) is 0 Å². The molecule has 1 aliphatic carbocycles. The monoisotopic (exact) mass is 303 g/mol. The lowest BCUT2D eigenvalue weighted by atomic mass is 9.78. The van der Waals surface area contributed by atoms with Gasteiger partial charge in [0.15, 0.2) is 6.61 Å². The third-order valence-electron chi connectivity index (χ3n) is 4.64. The number of ether oxygens (including phenoxy) is 1. The second kappa shape index (κ2) is 7.43. The first-order valence-corrected chi connectivity index (χ1v) is 8.00. The van der Waals surface area contributed by atoms with Crippen LogP contribution < -0.4 is 5.32 Å². The second-order valence-corrected chi connectivity index (χ2v) is 6.39. The van der Waals surface area contributed by atoms with E-state index in [1.54, 1.807) is 18.2 Å². The Morgan fingerprint density at radius 3 is 2.77 bits per heavy atom. The van der Waals surface area contributed by atoms with E-state index in [-0.39, 0.29) is 18.6 Å². The van der Waals surface area contributed by atoms with Gasteiger partial charge in [-0.2, -0.15) is 0 Å². The summed E-state index contributed by atoms with van der Waals surface area (Å²) in [6.45, 7) is 6.09. The van der Waals surface area contributed by atoms with Crippen LogP contribution in [0.15, 0.2) is 24.3 Å². The molecule has 3 unspecified atom stereocenters. The number of rotatable bonds is 4. The summed E-state index contributed by atoms with van der Waals surface area (Å²) in [4.78, 5) is 23.9. The Hall–Kier alpha value is -1.84. The van der Waals surface area contributed by atoms with E-state index in [9.17, 15) is 9.59 Å². The van der Waals surface area contributed by atoms with Crippen LogP contribution in [0, 0.1) is 18.8 Å². The molecule has 0 radical (unpaired) electrons. The van der Waals surface area contributed by atoms with Crippen molar-refractivity contribution in [3.8, 4) is 0 Å². The van der Waals surface area contributed by atoms with Gasteiger partial charge in [-0.05, 0) is 37.3 Å². The molecule has 1 aromatic carbocycles. The highest BCUT2D eigenvalue weighted by Crippen LogP contribution is 2.29. The van der Waals surface area contributed by atoms with Gasteiger partial charge < -0.3 is 10.1 Å². The molecular weight excluding hydrogens is 278 g/mol. The van der Waals surface area contributed by atoms with Crippen molar-refractivity contribution in [2.24, 2.45) is 11.8 Å². The van der Waals surface area contributed by atoms with Gasteiger partial charge >= 0.3 is 5.97 Å². The molecule has 0 saturated heterocycles. The standard InChI is InChI=1S/C18H25NO3/c1-12-6-4-8-15(10-12)18(21)22-11-17(20)19-16-9-5-7-13(2)14(16)3/h4,6,8,10,13-14,16H,5,7,9,11H2,1-3H3,(H,19,20). The molecule has 1 saturated carbocycles. The van der Waals surface area contributed by atoms with Crippen molar-refractivity contribution in [3.05, 3.63) is 35.4 Å². The normalized spacial score (nSPS) is 24.6. The van der Waals surface area contributed by atoms with Gasteiger partial charge in [0.2, 0.25) is 0 Å². The molecule has 1 aliphatic rings. The fraction of sp³-hybridized carbons (Fsp3) is 0.556. The van der Waals surface area contributed by atoms with Crippen LogP contribution in [0.5, 0.6) is 0 Å². The van der Waals surface area contributed by atoms with Crippen molar-refractivity contribution in [3.63, 3.8) is 0 Å². The summed E-state index contributed by atoms with van der Waals surface area (Å²) in [5.41, 5.74) is 1.47. The fourth-order valence-corrected chi connectivity index (χ4v) is 3.02. The second-order valence-electron chi connectivity index (χ2n) is 6.39. The average Bonchev–Trinajstić information content (AvgIpc) is 2.49. The Morgan fingerprint density at radius 1 is 1.27 bits per heavy atom. The van der Waals surface area contributed by atoms with Gasteiger partial charge in [-0.25, -0.2) is 4.79 Å². The lowest BCUT2D eigenvalue weighted by molar-refractivity contribution is -0.125. The first-order chi connectivity index (χ1) is 10.5. The fourth-order valence-electron chi connectivity index (χ4n) is 3.02. The quantitative estimate of drug-likeness (QED) is 0.870. The van der Waals surface area contributed by atoms with Crippen molar-refractivity contribution in [1.29, 1.82) is 0 Å². The molecule has 1 N–H and O–H groups in total. The number of hydrogen-bond acceptors (Lipinski definition) is 3. The lowest BCUT2D eigenvalue weighted by Crippen LogP contribution is -2.45. The minimum absolute atomic E-state index is 0.189. The van der Waals surface area contributed by atoms with Crippen molar-refractivity contribution in [2.45, 2.75) is 46.1 Å². The number of benzene rings is 1. The summed E-state index contributed by atoms with van der Waals surface area (Å²) >= 11 is 0. The zero-order chi connectivity index (χ0) is 16.1. The largest absolute Gasteiger partial charge is 0.452 e. The molecule has 0 spiro atoms. The Labute approximate surface area is 132 Å². The van der Waals surface area contributed by atoms with Crippen LogP contribution in [-0.2, 0) is 9.53 Å². The molecule has 2 rings (SSSR count). The molecule has 22 heavy (non-hydrogen) atoms. The number of carbonyl (C=O) groups is 2. The zero-order valence-electron chi connectivity index (χ0n) is 13.6. The number of aryl methyl sites for hydroxylation is 1. The first-order valence-electron chi connectivity index (χ1n) is 8.00. The van der Waals surface area contributed by atoms with E-state index in [0.717, 1.165) is 18.4 Å². The predicted molar refractivity (Wildman–Crippen MR) is 85.6 cm³/mol. The van der Waals surface area contributed by atoms with Crippen LogP contribution in [0.4, 0.5) is 0 Å². The SMILES string of the molecule is Cc1cccc(C(=O)OCC(=O)NC2CCCC(C)C2C)c1. The molecule has 4 nitrogen and oxygen atoms in total. The number of nitrogens with one attached hydrogen (secondary N) is 1. The summed E-state index contributed by atoms with van der Waals surface area (Å²) in [6.07, 6.45) is 3.36. The van der Waals surface area contributed by atoms with Crippen LogP contribution in [0.1, 0.15) is 49.0 Å². The first kappa shape index (κ1) is 16.5. The molecule has 0 aliphatic heterocycles. The highest BCUT2D eigenvalue weighted by Gasteiger charge is 2.28. The minimum atomic E-state index is -0.455. The maximum Gasteiger partial charge on any atom is 0.338 e. The molecule has 3 atom stereocenters. The molecule has 0 heterocycles. The minimum Gasteiger partial charge on any atom is -0.452 e. The third-order valence-corrected chi connectivity index (χ3v) is 4.64. The van der Waals surface area contributed by atoms with Gasteiger partial charge in [-0.1, -0.05) is 44.4 Å². The highest BCUT2D eigenvalue weighted by atomic mass is 16.5. The Morgan fingerprint density at radius 2 is 2.05 bits per heavy atom.